The molecule has 0 spiro atoms. The standard InChI is InChI=1S/C5H10NO6P/c1-4(2-3-7)5(8)6-12-13(9,10)11/h7H,1-3H2,(H,6,8)(H2,9,10,11). The van der Waals surface area contributed by atoms with E-state index in [-0.39, 0.29) is 18.6 Å². The van der Waals surface area contributed by atoms with Crippen molar-refractivity contribution in [2.24, 2.45) is 0 Å². The first-order chi connectivity index (χ1) is 5.87. The van der Waals surface area contributed by atoms with Crippen molar-refractivity contribution in [3.05, 3.63) is 12.2 Å². The SMILES string of the molecule is C=C(CCO)C(=O)NOP(=O)(O)O. The second kappa shape index (κ2) is 5.11. The Labute approximate surface area is 74.2 Å². The second-order valence-electron chi connectivity index (χ2n) is 2.09. The summed E-state index contributed by atoms with van der Waals surface area (Å²) in [5.41, 5.74) is 1.46. The molecular formula is C5H10NO6P. The number of hydroxylamine groups is 1. The van der Waals surface area contributed by atoms with Crippen LogP contribution in [0.15, 0.2) is 12.2 Å². The first kappa shape index (κ1) is 12.3. The number of phosphoric acid groups is 1. The summed E-state index contributed by atoms with van der Waals surface area (Å²) in [5, 5.41) is 8.38. The molecule has 0 aliphatic heterocycles. The van der Waals surface area contributed by atoms with Crippen LogP contribution in [0.2, 0.25) is 0 Å². The molecule has 8 heteroatoms. The molecule has 0 aromatic heterocycles. The van der Waals surface area contributed by atoms with Crippen LogP contribution in [0.25, 0.3) is 0 Å². The van der Waals surface area contributed by atoms with Crippen molar-refractivity contribution in [1.82, 2.24) is 5.48 Å². The van der Waals surface area contributed by atoms with E-state index >= 15 is 0 Å². The van der Waals surface area contributed by atoms with E-state index in [9.17, 15) is 9.36 Å². The van der Waals surface area contributed by atoms with Crippen LogP contribution >= 0.6 is 7.82 Å². The average Bonchev–Trinajstić information content (AvgIpc) is 1.99. The lowest BCUT2D eigenvalue weighted by Crippen LogP contribution is -2.24. The molecule has 0 saturated heterocycles. The molecule has 76 valence electrons. The van der Waals surface area contributed by atoms with Gasteiger partial charge < -0.3 is 14.9 Å². The number of aliphatic hydroxyl groups is 1. The van der Waals surface area contributed by atoms with Crippen LogP contribution in [-0.2, 0) is 14.0 Å². The van der Waals surface area contributed by atoms with Gasteiger partial charge in [0.25, 0.3) is 5.91 Å². The maximum absolute atomic E-state index is 10.8. The van der Waals surface area contributed by atoms with Crippen molar-refractivity contribution in [3.8, 4) is 0 Å². The number of nitrogens with one attached hydrogen (secondary N) is 1. The Morgan fingerprint density at radius 3 is 2.46 bits per heavy atom. The number of carbonyl (C=O) groups is 1. The molecule has 0 aliphatic rings. The van der Waals surface area contributed by atoms with Gasteiger partial charge in [-0.1, -0.05) is 6.58 Å². The van der Waals surface area contributed by atoms with Gasteiger partial charge in [-0.25, -0.2) is 10.0 Å². The molecule has 0 atom stereocenters. The number of amides is 1. The number of aliphatic hydroxyl groups excluding tert-OH is 1. The Morgan fingerprint density at radius 2 is 2.08 bits per heavy atom. The van der Waals surface area contributed by atoms with Gasteiger partial charge >= 0.3 is 7.82 Å². The summed E-state index contributed by atoms with van der Waals surface area (Å²) < 4.78 is 13.8. The van der Waals surface area contributed by atoms with E-state index < -0.39 is 13.7 Å². The van der Waals surface area contributed by atoms with Gasteiger partial charge in [-0.15, -0.1) is 0 Å². The van der Waals surface area contributed by atoms with Gasteiger partial charge in [-0.05, 0) is 0 Å². The summed E-state index contributed by atoms with van der Waals surface area (Å²) in [6, 6.07) is 0. The highest BCUT2D eigenvalue weighted by molar-refractivity contribution is 7.46. The topological polar surface area (TPSA) is 116 Å². The van der Waals surface area contributed by atoms with Gasteiger partial charge in [0.15, 0.2) is 0 Å². The highest BCUT2D eigenvalue weighted by atomic mass is 31.2. The first-order valence-corrected chi connectivity index (χ1v) is 4.73. The zero-order valence-corrected chi connectivity index (χ0v) is 7.53. The summed E-state index contributed by atoms with van der Waals surface area (Å²) in [7, 11) is -4.71. The minimum absolute atomic E-state index is 0.0103. The number of hydrogen-bond acceptors (Lipinski definition) is 4. The molecule has 0 bridgehead atoms. The van der Waals surface area contributed by atoms with E-state index in [0.29, 0.717) is 0 Å². The van der Waals surface area contributed by atoms with Gasteiger partial charge in [-0.2, -0.15) is 4.62 Å². The van der Waals surface area contributed by atoms with Crippen molar-refractivity contribution < 1.29 is 28.9 Å². The predicted octanol–water partition coefficient (Wildman–Crippen LogP) is -0.935. The van der Waals surface area contributed by atoms with Gasteiger partial charge in [0.1, 0.15) is 0 Å². The molecular weight excluding hydrogens is 201 g/mol. The summed E-state index contributed by atoms with van der Waals surface area (Å²) >= 11 is 0. The third-order valence-electron chi connectivity index (χ3n) is 0.992. The van der Waals surface area contributed by atoms with Crippen LogP contribution in [-0.4, -0.2) is 27.4 Å². The molecule has 7 nitrogen and oxygen atoms in total. The van der Waals surface area contributed by atoms with Crippen molar-refractivity contribution >= 4 is 13.7 Å². The molecule has 0 aromatic carbocycles. The highest BCUT2D eigenvalue weighted by Gasteiger charge is 2.17. The number of hydrogen-bond donors (Lipinski definition) is 4. The zero-order valence-electron chi connectivity index (χ0n) is 6.63. The second-order valence-corrected chi connectivity index (χ2v) is 3.25. The third-order valence-corrected chi connectivity index (χ3v) is 1.32. The zero-order chi connectivity index (χ0) is 10.5. The van der Waals surface area contributed by atoms with Gasteiger partial charge in [-0.3, -0.25) is 4.79 Å². The van der Waals surface area contributed by atoms with E-state index in [1.807, 2.05) is 0 Å². The molecule has 0 rings (SSSR count). The van der Waals surface area contributed by atoms with Gasteiger partial charge in [0, 0.05) is 18.6 Å². The first-order valence-electron chi connectivity index (χ1n) is 3.20. The molecule has 0 unspecified atom stereocenters. The molecule has 0 aromatic rings. The summed E-state index contributed by atoms with van der Waals surface area (Å²) in [6.07, 6.45) is 0.0103. The molecule has 0 radical (unpaired) electrons. The Balaban J connectivity index is 3.89. The van der Waals surface area contributed by atoms with Crippen LogP contribution in [0.5, 0.6) is 0 Å². The Morgan fingerprint density at radius 1 is 1.54 bits per heavy atom. The predicted molar refractivity (Wildman–Crippen MR) is 42.1 cm³/mol. The van der Waals surface area contributed by atoms with E-state index in [4.69, 9.17) is 14.9 Å². The third kappa shape index (κ3) is 6.44. The fourth-order valence-corrected chi connectivity index (χ4v) is 0.623. The van der Waals surface area contributed by atoms with Crippen LogP contribution in [0.3, 0.4) is 0 Å². The molecule has 0 fully saturated rings. The highest BCUT2D eigenvalue weighted by Crippen LogP contribution is 2.33. The van der Waals surface area contributed by atoms with Gasteiger partial charge in [0.05, 0.1) is 0 Å². The summed E-state index contributed by atoms with van der Waals surface area (Å²) in [4.78, 5) is 27.1. The van der Waals surface area contributed by atoms with Crippen molar-refractivity contribution in [1.29, 1.82) is 0 Å². The monoisotopic (exact) mass is 211 g/mol. The number of rotatable bonds is 5. The molecule has 0 heterocycles. The van der Waals surface area contributed by atoms with Crippen LogP contribution in [0, 0.1) is 0 Å². The summed E-state index contributed by atoms with van der Waals surface area (Å²) in [5.74, 6) is -0.877. The Bertz CT molecular complexity index is 245. The van der Waals surface area contributed by atoms with E-state index in [2.05, 4.69) is 11.2 Å². The van der Waals surface area contributed by atoms with Crippen molar-refractivity contribution in [2.45, 2.75) is 6.42 Å². The quantitative estimate of drug-likeness (QED) is 0.265. The largest absolute Gasteiger partial charge is 0.491 e. The van der Waals surface area contributed by atoms with E-state index in [1.165, 1.54) is 5.48 Å². The van der Waals surface area contributed by atoms with Crippen molar-refractivity contribution in [3.63, 3.8) is 0 Å². The molecule has 0 saturated carbocycles. The Hall–Kier alpha value is -0.720. The summed E-state index contributed by atoms with van der Waals surface area (Å²) in [6.45, 7) is 2.96. The minimum atomic E-state index is -4.71. The van der Waals surface area contributed by atoms with Crippen LogP contribution in [0.4, 0.5) is 0 Å². The van der Waals surface area contributed by atoms with Crippen molar-refractivity contribution in [2.75, 3.05) is 6.61 Å². The maximum atomic E-state index is 10.8. The fourth-order valence-electron chi connectivity index (χ4n) is 0.422. The maximum Gasteiger partial charge on any atom is 0.491 e. The lowest BCUT2D eigenvalue weighted by atomic mass is 10.2. The normalized spacial score (nSPS) is 11.0. The molecule has 13 heavy (non-hydrogen) atoms. The molecule has 1 amide bonds. The van der Waals surface area contributed by atoms with Crippen LogP contribution in [0.1, 0.15) is 6.42 Å². The smallest absolute Gasteiger partial charge is 0.396 e. The lowest BCUT2D eigenvalue weighted by molar-refractivity contribution is -0.125. The molecule has 4 N–H and O–H groups in total. The lowest BCUT2D eigenvalue weighted by Gasteiger charge is -2.06. The number of carbonyl (C=O) groups excluding carboxylic acids is 1. The minimum Gasteiger partial charge on any atom is -0.396 e. The van der Waals surface area contributed by atoms with Gasteiger partial charge in [0.2, 0.25) is 0 Å². The fraction of sp³-hybridized carbons (Fsp3) is 0.400. The Kier molecular flexibility index (Phi) is 4.82. The van der Waals surface area contributed by atoms with Crippen LogP contribution < -0.4 is 5.48 Å². The molecule has 0 aliphatic carbocycles. The average molecular weight is 211 g/mol. The van der Waals surface area contributed by atoms with E-state index in [0.717, 1.165) is 0 Å². The van der Waals surface area contributed by atoms with E-state index in [1.54, 1.807) is 0 Å².